The highest BCUT2D eigenvalue weighted by molar-refractivity contribution is 8.00. The first-order chi connectivity index (χ1) is 13.5. The summed E-state index contributed by atoms with van der Waals surface area (Å²) in [5, 5.41) is 9.35. The van der Waals surface area contributed by atoms with E-state index in [0.29, 0.717) is 6.54 Å². The second kappa shape index (κ2) is 7.99. The lowest BCUT2D eigenvalue weighted by atomic mass is 10.1. The summed E-state index contributed by atoms with van der Waals surface area (Å²) in [6.07, 6.45) is 6.19. The van der Waals surface area contributed by atoms with Gasteiger partial charge in [-0.15, -0.1) is 10.2 Å². The monoisotopic (exact) mass is 398 g/mol. The van der Waals surface area contributed by atoms with Gasteiger partial charge in [0.05, 0.1) is 18.1 Å². The molecule has 1 atom stereocenters. The molecule has 1 aliphatic rings. The fraction of sp³-hybridized carbons (Fsp3) is 0.476. The predicted octanol–water partition coefficient (Wildman–Crippen LogP) is 4.43. The Bertz CT molecular complexity index is 971. The van der Waals surface area contributed by atoms with Crippen molar-refractivity contribution < 1.29 is 9.21 Å². The summed E-state index contributed by atoms with van der Waals surface area (Å²) in [6.45, 7) is 7.58. The second-order valence-electron chi connectivity index (χ2n) is 7.44. The standard InChI is InChI=1S/C21H26N4O2S/c1-14-12-18(15(2)25(14)13-17-8-7-11-27-17)20(26)16(3)28-21-23-22-19-9-5-4-6-10-24(19)21/h7-8,11-12,16H,4-6,9-10,13H2,1-3H3/t16-/m0/s1. The molecule has 0 fully saturated rings. The number of nitrogens with zero attached hydrogens (tertiary/aromatic N) is 4. The molecule has 0 unspecified atom stereocenters. The summed E-state index contributed by atoms with van der Waals surface area (Å²) in [7, 11) is 0. The van der Waals surface area contributed by atoms with Gasteiger partial charge >= 0.3 is 0 Å². The smallest absolute Gasteiger partial charge is 0.191 e. The minimum absolute atomic E-state index is 0.134. The average molecular weight is 399 g/mol. The van der Waals surface area contributed by atoms with Crippen LogP contribution in [0.4, 0.5) is 0 Å². The molecular weight excluding hydrogens is 372 g/mol. The number of carbonyl (C=O) groups is 1. The molecule has 3 aromatic heterocycles. The first-order valence-corrected chi connectivity index (χ1v) is 10.7. The van der Waals surface area contributed by atoms with E-state index in [1.54, 1.807) is 6.26 Å². The van der Waals surface area contributed by atoms with Crippen LogP contribution < -0.4 is 0 Å². The number of ketones is 1. The van der Waals surface area contributed by atoms with Gasteiger partial charge in [-0.05, 0) is 51.8 Å². The molecule has 0 spiro atoms. The summed E-state index contributed by atoms with van der Waals surface area (Å²) in [5.74, 6) is 2.07. The van der Waals surface area contributed by atoms with Gasteiger partial charge in [-0.1, -0.05) is 18.2 Å². The molecule has 1 aliphatic heterocycles. The molecule has 3 aromatic rings. The lowest BCUT2D eigenvalue weighted by molar-refractivity contribution is 0.0993. The number of furan rings is 1. The Kier molecular flexibility index (Phi) is 5.44. The van der Waals surface area contributed by atoms with Crippen molar-refractivity contribution in [2.75, 3.05) is 0 Å². The lowest BCUT2D eigenvalue weighted by Crippen LogP contribution is -2.16. The molecule has 0 aromatic carbocycles. The predicted molar refractivity (Wildman–Crippen MR) is 109 cm³/mol. The molecule has 0 saturated carbocycles. The maximum Gasteiger partial charge on any atom is 0.191 e. The molecule has 4 rings (SSSR count). The van der Waals surface area contributed by atoms with E-state index >= 15 is 0 Å². The minimum Gasteiger partial charge on any atom is -0.467 e. The molecule has 4 heterocycles. The van der Waals surface area contributed by atoms with Crippen molar-refractivity contribution in [1.82, 2.24) is 19.3 Å². The highest BCUT2D eigenvalue weighted by Gasteiger charge is 2.25. The van der Waals surface area contributed by atoms with Gasteiger partial charge in [-0.2, -0.15) is 0 Å². The van der Waals surface area contributed by atoms with Crippen molar-refractivity contribution in [3.8, 4) is 0 Å². The van der Waals surface area contributed by atoms with Gasteiger partial charge in [0.15, 0.2) is 10.9 Å². The lowest BCUT2D eigenvalue weighted by Gasteiger charge is -2.12. The van der Waals surface area contributed by atoms with Crippen LogP contribution in [0.3, 0.4) is 0 Å². The Morgan fingerprint density at radius 3 is 2.93 bits per heavy atom. The first-order valence-electron chi connectivity index (χ1n) is 9.86. The van der Waals surface area contributed by atoms with E-state index in [1.807, 2.05) is 39.0 Å². The summed E-state index contributed by atoms with van der Waals surface area (Å²) in [4.78, 5) is 13.2. The first kappa shape index (κ1) is 19.1. The van der Waals surface area contributed by atoms with E-state index < -0.39 is 0 Å². The fourth-order valence-corrected chi connectivity index (χ4v) is 4.79. The van der Waals surface area contributed by atoms with Crippen LogP contribution in [0.15, 0.2) is 34.0 Å². The molecule has 0 radical (unpaired) electrons. The van der Waals surface area contributed by atoms with E-state index in [0.717, 1.165) is 53.1 Å². The SMILES string of the molecule is Cc1cc(C(=O)[C@H](C)Sc2nnc3n2CCCCC3)c(C)n1Cc1ccco1. The van der Waals surface area contributed by atoms with Gasteiger partial charge in [-0.3, -0.25) is 4.79 Å². The van der Waals surface area contributed by atoms with E-state index in [9.17, 15) is 4.79 Å². The summed E-state index contributed by atoms with van der Waals surface area (Å²) in [5.41, 5.74) is 2.82. The van der Waals surface area contributed by atoms with E-state index in [2.05, 4.69) is 19.3 Å². The number of hydrogen-bond acceptors (Lipinski definition) is 5. The van der Waals surface area contributed by atoms with Crippen molar-refractivity contribution in [3.63, 3.8) is 0 Å². The molecule has 0 bridgehead atoms. The molecule has 0 saturated heterocycles. The maximum absolute atomic E-state index is 13.2. The summed E-state index contributed by atoms with van der Waals surface area (Å²) >= 11 is 1.52. The van der Waals surface area contributed by atoms with Crippen molar-refractivity contribution in [1.29, 1.82) is 0 Å². The third-order valence-electron chi connectivity index (χ3n) is 5.46. The summed E-state index contributed by atoms with van der Waals surface area (Å²) < 4.78 is 9.80. The number of aromatic nitrogens is 4. The Balaban J connectivity index is 1.52. The molecule has 6 nitrogen and oxygen atoms in total. The van der Waals surface area contributed by atoms with Gasteiger partial charge < -0.3 is 13.6 Å². The van der Waals surface area contributed by atoms with Crippen LogP contribution in [0.1, 0.15) is 59.5 Å². The molecule has 0 N–H and O–H groups in total. The van der Waals surface area contributed by atoms with Crippen LogP contribution in [0, 0.1) is 13.8 Å². The highest BCUT2D eigenvalue weighted by Crippen LogP contribution is 2.29. The average Bonchev–Trinajstić information content (AvgIpc) is 3.34. The Hall–Kier alpha value is -2.28. The van der Waals surface area contributed by atoms with Gasteiger partial charge in [-0.25, -0.2) is 0 Å². The molecule has 0 amide bonds. The van der Waals surface area contributed by atoms with Gasteiger partial charge in [0, 0.05) is 29.9 Å². The molecule has 148 valence electrons. The number of Topliss-reactive ketones (excluding diaryl/α,β-unsaturated/α-hetero) is 1. The Morgan fingerprint density at radius 1 is 1.29 bits per heavy atom. The third-order valence-corrected chi connectivity index (χ3v) is 6.54. The van der Waals surface area contributed by atoms with Crippen LogP contribution in [0.2, 0.25) is 0 Å². The van der Waals surface area contributed by atoms with Crippen molar-refractivity contribution >= 4 is 17.5 Å². The summed E-state index contributed by atoms with van der Waals surface area (Å²) in [6, 6.07) is 5.83. The number of hydrogen-bond donors (Lipinski definition) is 0. The Morgan fingerprint density at radius 2 is 2.14 bits per heavy atom. The largest absolute Gasteiger partial charge is 0.467 e. The van der Waals surface area contributed by atoms with Gasteiger partial charge in [0.1, 0.15) is 11.6 Å². The molecule has 7 heteroatoms. The number of rotatable bonds is 6. The van der Waals surface area contributed by atoms with E-state index in [1.165, 1.54) is 24.6 Å². The third kappa shape index (κ3) is 3.68. The quantitative estimate of drug-likeness (QED) is 0.454. The number of aryl methyl sites for hydroxylation is 2. The molecule has 28 heavy (non-hydrogen) atoms. The van der Waals surface area contributed by atoms with E-state index in [4.69, 9.17) is 4.42 Å². The Labute approximate surface area is 169 Å². The van der Waals surface area contributed by atoms with Gasteiger partial charge in [0.25, 0.3) is 0 Å². The zero-order chi connectivity index (χ0) is 19.7. The number of fused-ring (bicyclic) bond motifs is 1. The number of carbonyl (C=O) groups excluding carboxylic acids is 1. The molecular formula is C21H26N4O2S. The van der Waals surface area contributed by atoms with Gasteiger partial charge in [0.2, 0.25) is 0 Å². The molecule has 0 aliphatic carbocycles. The van der Waals surface area contributed by atoms with Crippen LogP contribution in [0.5, 0.6) is 0 Å². The zero-order valence-corrected chi connectivity index (χ0v) is 17.5. The minimum atomic E-state index is -0.214. The van der Waals surface area contributed by atoms with Crippen LogP contribution in [-0.2, 0) is 19.5 Å². The van der Waals surface area contributed by atoms with Crippen LogP contribution in [-0.4, -0.2) is 30.4 Å². The van der Waals surface area contributed by atoms with Crippen LogP contribution in [0.25, 0.3) is 0 Å². The topological polar surface area (TPSA) is 65.8 Å². The zero-order valence-electron chi connectivity index (χ0n) is 16.6. The second-order valence-corrected chi connectivity index (χ2v) is 8.74. The normalized spacial score (nSPS) is 15.2. The highest BCUT2D eigenvalue weighted by atomic mass is 32.2. The van der Waals surface area contributed by atoms with Crippen LogP contribution >= 0.6 is 11.8 Å². The fourth-order valence-electron chi connectivity index (χ4n) is 3.83. The van der Waals surface area contributed by atoms with E-state index in [-0.39, 0.29) is 11.0 Å². The van der Waals surface area contributed by atoms with Crippen molar-refractivity contribution in [3.05, 3.63) is 53.0 Å². The van der Waals surface area contributed by atoms with Crippen molar-refractivity contribution in [2.24, 2.45) is 0 Å². The maximum atomic E-state index is 13.2. The van der Waals surface area contributed by atoms with Crippen molar-refractivity contribution in [2.45, 2.75) is 70.0 Å². The number of thioether (sulfide) groups is 1.